The first-order valence-corrected chi connectivity index (χ1v) is 18.8. The van der Waals surface area contributed by atoms with Crippen LogP contribution in [-0.4, -0.2) is 82.2 Å². The Hall–Kier alpha value is -4.00. The molecule has 8 nitrogen and oxygen atoms in total. The van der Waals surface area contributed by atoms with E-state index < -0.39 is 0 Å². The molecule has 0 radical (unpaired) electrons. The quantitative estimate of drug-likeness (QED) is 0.0774. The molecule has 0 aliphatic rings. The van der Waals surface area contributed by atoms with Gasteiger partial charge in [0.1, 0.15) is 17.0 Å². The minimum absolute atomic E-state index is 0.0689. The number of esters is 2. The number of rotatable bonds is 17. The lowest BCUT2D eigenvalue weighted by Crippen LogP contribution is -2.44. The molecule has 0 bridgehead atoms. The molecular weight excluding hydrogens is 742 g/mol. The first-order chi connectivity index (χ1) is 25.5. The molecule has 0 unspecified atom stereocenters. The van der Waals surface area contributed by atoms with Gasteiger partial charge >= 0.3 is 11.9 Å². The van der Waals surface area contributed by atoms with E-state index in [2.05, 4.69) is 91.8 Å². The molecule has 0 aromatic heterocycles. The topological polar surface area (TPSA) is 91.9 Å². The van der Waals surface area contributed by atoms with Crippen molar-refractivity contribution in [3.63, 3.8) is 0 Å². The first kappa shape index (κ1) is 45.2. The molecule has 4 atom stereocenters. The number of nitrogens with zero attached hydrogens (tertiary/aromatic N) is 1. The highest BCUT2D eigenvalue weighted by atomic mass is 79.9. The third-order valence-corrected chi connectivity index (χ3v) is 9.22. The molecule has 0 aliphatic heterocycles. The Balaban J connectivity index is 0.000000323. The molecule has 3 N–H and O–H groups in total. The zero-order valence-corrected chi connectivity index (χ0v) is 33.2. The lowest BCUT2D eigenvalue weighted by Gasteiger charge is -2.32. The smallest absolute Gasteiger partial charge is 0.319 e. The minimum atomic E-state index is -0.260. The van der Waals surface area contributed by atoms with E-state index >= 15 is 0 Å². The largest absolute Gasteiger partial charge is 0.468 e. The molecule has 4 aromatic carbocycles. The van der Waals surface area contributed by atoms with Crippen LogP contribution in [0.5, 0.6) is 0 Å². The molecule has 0 heterocycles. The lowest BCUT2D eigenvalue weighted by molar-refractivity contribution is -0.142. The van der Waals surface area contributed by atoms with Crippen molar-refractivity contribution < 1.29 is 27.8 Å². The van der Waals surface area contributed by atoms with Gasteiger partial charge < -0.3 is 25.4 Å². The van der Waals surface area contributed by atoms with Gasteiger partial charge in [0, 0.05) is 37.3 Å². The fraction of sp³-hybridized carbons (Fsp3) is 0.381. The maximum atomic E-state index is 13.1. The van der Waals surface area contributed by atoms with Crippen LogP contribution < -0.4 is 16.0 Å². The van der Waals surface area contributed by atoms with E-state index in [0.717, 1.165) is 36.1 Å². The van der Waals surface area contributed by atoms with Crippen LogP contribution >= 0.6 is 15.9 Å². The molecule has 53 heavy (non-hydrogen) atoms. The molecule has 0 fully saturated rings. The number of benzene rings is 4. The monoisotopic (exact) mass is 796 g/mol. The third-order valence-electron chi connectivity index (χ3n) is 8.76. The zero-order chi connectivity index (χ0) is 39.0. The Kier molecular flexibility index (Phi) is 22.1. The summed E-state index contributed by atoms with van der Waals surface area (Å²) in [5, 5.41) is 10.4. The SMILES string of the molecule is CN[C@@H](Cc1ccc(F)cc1)CN(CC(=O)OC)[C@H](C)c1ccccc1.CN[C@H](CN[C@H](C)c1ccccc1)Cc1ccc(F)cc1.COC(=O)CBr. The van der Waals surface area contributed by atoms with Crippen LogP contribution in [0.3, 0.4) is 0 Å². The summed E-state index contributed by atoms with van der Waals surface area (Å²) in [6.45, 7) is 6.00. The van der Waals surface area contributed by atoms with Crippen molar-refractivity contribution in [1.82, 2.24) is 20.9 Å². The van der Waals surface area contributed by atoms with Gasteiger partial charge in [-0.1, -0.05) is 101 Å². The average molecular weight is 798 g/mol. The second-order valence-electron chi connectivity index (χ2n) is 12.5. The molecule has 0 amide bonds. The summed E-state index contributed by atoms with van der Waals surface area (Å²) < 4.78 is 35.1. The highest BCUT2D eigenvalue weighted by Gasteiger charge is 2.22. The molecule has 4 aromatic rings. The summed E-state index contributed by atoms with van der Waals surface area (Å²) in [5.74, 6) is -0.922. The number of halogens is 3. The third kappa shape index (κ3) is 18.1. The second kappa shape index (κ2) is 25.9. The van der Waals surface area contributed by atoms with Gasteiger partial charge in [-0.2, -0.15) is 0 Å². The summed E-state index contributed by atoms with van der Waals surface area (Å²) in [4.78, 5) is 23.9. The summed E-state index contributed by atoms with van der Waals surface area (Å²) in [5.41, 5.74) is 4.63. The van der Waals surface area contributed by atoms with E-state index in [4.69, 9.17) is 4.74 Å². The van der Waals surface area contributed by atoms with Crippen LogP contribution in [0.15, 0.2) is 109 Å². The van der Waals surface area contributed by atoms with Gasteiger partial charge in [0.15, 0.2) is 0 Å². The van der Waals surface area contributed by atoms with Gasteiger partial charge in [-0.05, 0) is 87.3 Å². The highest BCUT2D eigenvalue weighted by Crippen LogP contribution is 2.21. The Morgan fingerprint density at radius 3 is 1.55 bits per heavy atom. The molecular formula is C42H55BrF2N4O4. The number of methoxy groups -OCH3 is 2. The Morgan fingerprint density at radius 1 is 0.679 bits per heavy atom. The summed E-state index contributed by atoms with van der Waals surface area (Å²) in [6.07, 6.45) is 1.63. The van der Waals surface area contributed by atoms with Crippen molar-refractivity contribution in [3.8, 4) is 0 Å². The second-order valence-corrected chi connectivity index (χ2v) is 13.0. The lowest BCUT2D eigenvalue weighted by atomic mass is 10.0. The van der Waals surface area contributed by atoms with Crippen molar-refractivity contribution in [2.45, 2.75) is 50.9 Å². The number of nitrogens with one attached hydrogen (secondary N) is 3. The van der Waals surface area contributed by atoms with Crippen molar-refractivity contribution in [2.24, 2.45) is 0 Å². The summed E-state index contributed by atoms with van der Waals surface area (Å²) in [7, 11) is 6.62. The van der Waals surface area contributed by atoms with Gasteiger partial charge in [0.25, 0.3) is 0 Å². The normalized spacial score (nSPS) is 12.9. The highest BCUT2D eigenvalue weighted by molar-refractivity contribution is 9.09. The zero-order valence-electron chi connectivity index (χ0n) is 31.7. The van der Waals surface area contributed by atoms with Gasteiger partial charge in [-0.15, -0.1) is 0 Å². The summed E-state index contributed by atoms with van der Waals surface area (Å²) >= 11 is 2.90. The maximum absolute atomic E-state index is 13.1. The van der Waals surface area contributed by atoms with E-state index in [9.17, 15) is 18.4 Å². The van der Waals surface area contributed by atoms with Gasteiger partial charge in [0.2, 0.25) is 0 Å². The minimum Gasteiger partial charge on any atom is -0.468 e. The Bertz CT molecular complexity index is 1560. The Labute approximate surface area is 322 Å². The standard InChI is InChI=1S/C21H27FN2O2.C18H23FN2.C3H5BrO2/c1-16(18-7-5-4-6-8-18)24(15-21(25)26-3)14-20(23-2)13-17-9-11-19(22)12-10-17;1-14(16-6-4-3-5-7-16)21-13-18(20-2)12-15-8-10-17(19)11-9-15;1-6-3(5)2-4/h4-12,16,20,23H,13-15H2,1-3H3;3-11,14,18,20-21H,12-13H2,1-2H3;2H2,1H3/t16-,20+;14-,18+;/m11./s1. The molecule has 0 aliphatic carbocycles. The number of carbonyl (C=O) groups is 2. The van der Waals surface area contributed by atoms with Crippen LogP contribution in [0.1, 0.15) is 48.2 Å². The van der Waals surface area contributed by atoms with Gasteiger partial charge in [-0.25, -0.2) is 8.78 Å². The van der Waals surface area contributed by atoms with Crippen molar-refractivity contribution in [3.05, 3.63) is 143 Å². The van der Waals surface area contributed by atoms with Crippen molar-refractivity contribution in [1.29, 1.82) is 0 Å². The van der Waals surface area contributed by atoms with E-state index in [-0.39, 0.29) is 47.5 Å². The number of likely N-dealkylation sites (N-methyl/N-ethyl adjacent to an activating group) is 2. The van der Waals surface area contributed by atoms with Gasteiger partial charge in [-0.3, -0.25) is 14.5 Å². The number of carbonyl (C=O) groups excluding carboxylic acids is 2. The Morgan fingerprint density at radius 2 is 1.13 bits per heavy atom. The van der Waals surface area contributed by atoms with Crippen LogP contribution in [0.2, 0.25) is 0 Å². The van der Waals surface area contributed by atoms with E-state index in [1.165, 1.54) is 44.0 Å². The van der Waals surface area contributed by atoms with E-state index in [1.807, 2.05) is 50.5 Å². The van der Waals surface area contributed by atoms with Crippen LogP contribution in [-0.2, 0) is 31.9 Å². The first-order valence-electron chi connectivity index (χ1n) is 17.6. The van der Waals surface area contributed by atoms with Crippen LogP contribution in [0.4, 0.5) is 8.78 Å². The number of alkyl halides is 1. The predicted molar refractivity (Wildman–Crippen MR) is 213 cm³/mol. The average Bonchev–Trinajstić information content (AvgIpc) is 3.20. The fourth-order valence-electron chi connectivity index (χ4n) is 5.39. The summed E-state index contributed by atoms with van der Waals surface area (Å²) in [6, 6.07) is 34.6. The van der Waals surface area contributed by atoms with Crippen LogP contribution in [0.25, 0.3) is 0 Å². The number of hydrogen-bond donors (Lipinski definition) is 3. The molecule has 0 saturated heterocycles. The fourth-order valence-corrected chi connectivity index (χ4v) is 5.62. The molecule has 0 spiro atoms. The molecule has 4 rings (SSSR count). The van der Waals surface area contributed by atoms with Crippen molar-refractivity contribution in [2.75, 3.05) is 53.3 Å². The molecule has 288 valence electrons. The van der Waals surface area contributed by atoms with Gasteiger partial charge in [0.05, 0.1) is 20.8 Å². The van der Waals surface area contributed by atoms with Crippen LogP contribution in [0, 0.1) is 11.6 Å². The maximum Gasteiger partial charge on any atom is 0.319 e. The predicted octanol–water partition coefficient (Wildman–Crippen LogP) is 7.05. The number of hydrogen-bond acceptors (Lipinski definition) is 8. The van der Waals surface area contributed by atoms with Crippen molar-refractivity contribution >= 4 is 27.9 Å². The number of ether oxygens (including phenoxy) is 2. The molecule has 11 heteroatoms. The van der Waals surface area contributed by atoms with E-state index in [1.54, 1.807) is 12.1 Å². The van der Waals surface area contributed by atoms with E-state index in [0.29, 0.717) is 18.6 Å². The molecule has 0 saturated carbocycles.